The lowest BCUT2D eigenvalue weighted by molar-refractivity contribution is -0.153. The van der Waals surface area contributed by atoms with Crippen molar-refractivity contribution in [2.45, 2.75) is 46.1 Å². The summed E-state index contributed by atoms with van der Waals surface area (Å²) in [5.74, 6) is -0.429. The van der Waals surface area contributed by atoms with Gasteiger partial charge in [0.1, 0.15) is 5.75 Å². The Labute approximate surface area is 194 Å². The molecule has 0 radical (unpaired) electrons. The molecule has 2 heterocycles. The zero-order chi connectivity index (χ0) is 23.4. The maximum absolute atomic E-state index is 13.7. The number of ether oxygens (including phenoxy) is 2. The number of hydrogen-bond acceptors (Lipinski definition) is 5. The Bertz CT molecular complexity index is 1120. The number of unbranched alkanes of at least 4 members (excludes halogenated alkanes) is 1. The Morgan fingerprint density at radius 1 is 1.03 bits per heavy atom. The zero-order valence-electron chi connectivity index (χ0n) is 19.5. The first-order valence-electron chi connectivity index (χ1n) is 11.8. The predicted molar refractivity (Wildman–Crippen MR) is 127 cm³/mol. The maximum atomic E-state index is 13.7. The number of fused-ring (bicyclic) bond motifs is 3. The minimum absolute atomic E-state index is 0.214. The first kappa shape index (κ1) is 22.8. The molecule has 0 bridgehead atoms. The maximum Gasteiger partial charge on any atom is 0.321 e. The Balaban J connectivity index is 1.88. The van der Waals surface area contributed by atoms with Gasteiger partial charge >= 0.3 is 5.97 Å². The first-order valence-corrected chi connectivity index (χ1v) is 11.8. The third kappa shape index (κ3) is 4.32. The molecular formula is C26H31N3O4. The molecule has 2 atom stereocenters. The van der Waals surface area contributed by atoms with Crippen LogP contribution in [0.25, 0.3) is 11.0 Å². The number of carbonyl (C=O) groups is 2. The van der Waals surface area contributed by atoms with Crippen LogP contribution < -0.4 is 9.64 Å². The number of nitrogens with zero attached hydrogens (tertiary/aromatic N) is 3. The number of para-hydroxylation sites is 2. The highest BCUT2D eigenvalue weighted by atomic mass is 16.5. The fraction of sp³-hybridized carbons (Fsp3) is 0.423. The second-order valence-electron chi connectivity index (χ2n) is 8.21. The average Bonchev–Trinajstić information content (AvgIpc) is 3.21. The van der Waals surface area contributed by atoms with Crippen molar-refractivity contribution in [3.8, 4) is 5.75 Å². The van der Waals surface area contributed by atoms with E-state index in [0.29, 0.717) is 19.1 Å². The summed E-state index contributed by atoms with van der Waals surface area (Å²) < 4.78 is 13.1. The highest BCUT2D eigenvalue weighted by molar-refractivity contribution is 6.08. The van der Waals surface area contributed by atoms with Gasteiger partial charge in [0.15, 0.2) is 5.92 Å². The highest BCUT2D eigenvalue weighted by Gasteiger charge is 2.47. The molecular weight excluding hydrogens is 418 g/mol. The number of esters is 1. The summed E-state index contributed by atoms with van der Waals surface area (Å²) in [7, 11) is 0. The Morgan fingerprint density at radius 3 is 2.48 bits per heavy atom. The molecule has 0 spiro atoms. The van der Waals surface area contributed by atoms with Crippen LogP contribution in [0.5, 0.6) is 5.75 Å². The van der Waals surface area contributed by atoms with Gasteiger partial charge in [-0.25, -0.2) is 4.98 Å². The summed E-state index contributed by atoms with van der Waals surface area (Å²) in [6.45, 7) is 7.24. The van der Waals surface area contributed by atoms with E-state index in [2.05, 4.69) is 13.8 Å². The molecule has 4 rings (SSSR count). The van der Waals surface area contributed by atoms with E-state index in [1.165, 1.54) is 0 Å². The molecule has 0 saturated carbocycles. The third-order valence-electron chi connectivity index (χ3n) is 5.91. The van der Waals surface area contributed by atoms with E-state index in [0.717, 1.165) is 41.6 Å². The topological polar surface area (TPSA) is 73.7 Å². The fourth-order valence-electron chi connectivity index (χ4n) is 4.36. The van der Waals surface area contributed by atoms with E-state index in [1.54, 1.807) is 11.8 Å². The lowest BCUT2D eigenvalue weighted by Crippen LogP contribution is -2.50. The number of anilines is 1. The molecule has 7 nitrogen and oxygen atoms in total. The second kappa shape index (κ2) is 10.1. The van der Waals surface area contributed by atoms with Gasteiger partial charge in [-0.15, -0.1) is 0 Å². The average molecular weight is 450 g/mol. The Hall–Kier alpha value is -3.35. The standard InChI is InChI=1S/C26H31N3O4/c1-4-7-16-28-24(30)22(25(31)32-6-3)23(18-12-14-19(15-13-18)33-17-5-2)29-21-11-9-8-10-20(21)27-26(28)29/h8-15,22-23H,4-7,16-17H2,1-3H3/t22-,23+/m0/s1. The fourth-order valence-corrected chi connectivity index (χ4v) is 4.36. The number of rotatable bonds is 9. The molecule has 1 amide bonds. The molecule has 0 saturated heterocycles. The van der Waals surface area contributed by atoms with Gasteiger partial charge in [0.05, 0.1) is 30.3 Å². The lowest BCUT2D eigenvalue weighted by Gasteiger charge is -2.38. The summed E-state index contributed by atoms with van der Waals surface area (Å²) in [6, 6.07) is 14.9. The smallest absolute Gasteiger partial charge is 0.321 e. The molecule has 0 fully saturated rings. The molecule has 0 aliphatic carbocycles. The van der Waals surface area contributed by atoms with Crippen LogP contribution in [0.4, 0.5) is 5.95 Å². The van der Waals surface area contributed by atoms with Gasteiger partial charge in [-0.1, -0.05) is 44.5 Å². The van der Waals surface area contributed by atoms with Gasteiger partial charge in [-0.2, -0.15) is 0 Å². The molecule has 1 aliphatic heterocycles. The summed E-state index contributed by atoms with van der Waals surface area (Å²) in [5.41, 5.74) is 2.51. The van der Waals surface area contributed by atoms with Crippen molar-refractivity contribution in [3.05, 3.63) is 54.1 Å². The molecule has 2 aromatic carbocycles. The van der Waals surface area contributed by atoms with Gasteiger partial charge in [-0.3, -0.25) is 14.5 Å². The van der Waals surface area contributed by atoms with Crippen molar-refractivity contribution in [2.75, 3.05) is 24.7 Å². The van der Waals surface area contributed by atoms with Crippen LogP contribution in [0.15, 0.2) is 48.5 Å². The second-order valence-corrected chi connectivity index (χ2v) is 8.21. The summed E-state index contributed by atoms with van der Waals surface area (Å²) in [5, 5.41) is 0. The van der Waals surface area contributed by atoms with Crippen molar-refractivity contribution in [3.63, 3.8) is 0 Å². The summed E-state index contributed by atoms with van der Waals surface area (Å²) in [6.07, 6.45) is 2.66. The van der Waals surface area contributed by atoms with Crippen LogP contribution in [0.3, 0.4) is 0 Å². The van der Waals surface area contributed by atoms with Crippen molar-refractivity contribution in [2.24, 2.45) is 5.92 Å². The van der Waals surface area contributed by atoms with E-state index in [1.807, 2.05) is 53.1 Å². The lowest BCUT2D eigenvalue weighted by atomic mass is 9.89. The van der Waals surface area contributed by atoms with Gasteiger partial charge in [0, 0.05) is 6.54 Å². The van der Waals surface area contributed by atoms with Crippen molar-refractivity contribution in [1.29, 1.82) is 0 Å². The van der Waals surface area contributed by atoms with E-state index in [-0.39, 0.29) is 12.5 Å². The third-order valence-corrected chi connectivity index (χ3v) is 5.91. The quantitative estimate of drug-likeness (QED) is 0.348. The largest absolute Gasteiger partial charge is 0.494 e. The van der Waals surface area contributed by atoms with E-state index in [4.69, 9.17) is 14.5 Å². The van der Waals surface area contributed by atoms with Crippen LogP contribution in [0.2, 0.25) is 0 Å². The minimum atomic E-state index is -0.991. The van der Waals surface area contributed by atoms with Crippen LogP contribution in [-0.2, 0) is 14.3 Å². The summed E-state index contributed by atoms with van der Waals surface area (Å²) >= 11 is 0. The zero-order valence-corrected chi connectivity index (χ0v) is 19.5. The molecule has 0 unspecified atom stereocenters. The van der Waals surface area contributed by atoms with Gasteiger partial charge in [0.2, 0.25) is 11.9 Å². The Kier molecular flexibility index (Phi) is 6.96. The first-order chi connectivity index (χ1) is 16.1. The van der Waals surface area contributed by atoms with Gasteiger partial charge in [0.25, 0.3) is 0 Å². The normalized spacial score (nSPS) is 17.8. The molecule has 1 aromatic heterocycles. The molecule has 33 heavy (non-hydrogen) atoms. The number of imidazole rings is 1. The molecule has 3 aromatic rings. The van der Waals surface area contributed by atoms with Crippen molar-refractivity contribution in [1.82, 2.24) is 9.55 Å². The number of amides is 1. The molecule has 174 valence electrons. The van der Waals surface area contributed by atoms with Crippen LogP contribution in [0, 0.1) is 5.92 Å². The van der Waals surface area contributed by atoms with Crippen molar-refractivity contribution < 1.29 is 19.1 Å². The monoisotopic (exact) mass is 449 g/mol. The molecule has 7 heteroatoms. The van der Waals surface area contributed by atoms with E-state index < -0.39 is 17.9 Å². The van der Waals surface area contributed by atoms with Gasteiger partial charge < -0.3 is 14.0 Å². The van der Waals surface area contributed by atoms with Crippen LogP contribution in [0.1, 0.15) is 51.6 Å². The van der Waals surface area contributed by atoms with Gasteiger partial charge in [-0.05, 0) is 49.6 Å². The summed E-state index contributed by atoms with van der Waals surface area (Å²) in [4.78, 5) is 33.3. The highest BCUT2D eigenvalue weighted by Crippen LogP contribution is 2.41. The molecule has 0 N–H and O–H groups in total. The predicted octanol–water partition coefficient (Wildman–Crippen LogP) is 4.74. The Morgan fingerprint density at radius 2 is 1.79 bits per heavy atom. The van der Waals surface area contributed by atoms with Crippen molar-refractivity contribution >= 4 is 28.9 Å². The molecule has 1 aliphatic rings. The SMILES string of the molecule is CCCCN1C(=O)[C@@H](C(=O)OCC)[C@@H](c2ccc(OCCC)cc2)n2c1nc1ccccc12. The van der Waals surface area contributed by atoms with E-state index >= 15 is 0 Å². The van der Waals surface area contributed by atoms with Crippen LogP contribution in [-0.4, -0.2) is 41.2 Å². The number of aromatic nitrogens is 2. The number of hydrogen-bond donors (Lipinski definition) is 0. The number of carbonyl (C=O) groups excluding carboxylic acids is 2. The van der Waals surface area contributed by atoms with Crippen LogP contribution >= 0.6 is 0 Å². The minimum Gasteiger partial charge on any atom is -0.494 e. The number of benzene rings is 2. The van der Waals surface area contributed by atoms with E-state index in [9.17, 15) is 9.59 Å².